The number of carbonyl (C=O) groups is 1. The van der Waals surface area contributed by atoms with Crippen molar-refractivity contribution in [3.63, 3.8) is 0 Å². The van der Waals surface area contributed by atoms with Gasteiger partial charge in [0.2, 0.25) is 0 Å². The summed E-state index contributed by atoms with van der Waals surface area (Å²) in [6.07, 6.45) is -6.34. The first-order valence-corrected chi connectivity index (χ1v) is 10.7. The summed E-state index contributed by atoms with van der Waals surface area (Å²) in [5.41, 5.74) is 0.838. The van der Waals surface area contributed by atoms with Gasteiger partial charge in [0.1, 0.15) is 11.9 Å². The number of carbonyl (C=O) groups excluding carboxylic acids is 1. The topological polar surface area (TPSA) is 53.0 Å². The molecule has 3 aromatic rings. The van der Waals surface area contributed by atoms with Crippen molar-refractivity contribution in [1.82, 2.24) is 0 Å². The molecule has 0 fully saturated rings. The van der Waals surface area contributed by atoms with Crippen LogP contribution in [0.4, 0.5) is 30.2 Å². The molecule has 0 saturated heterocycles. The van der Waals surface area contributed by atoms with Gasteiger partial charge in [0, 0.05) is 20.0 Å². The fourth-order valence-electron chi connectivity index (χ4n) is 4.45. The molecule has 8 heteroatoms. The molecule has 0 aliphatic carbocycles. The van der Waals surface area contributed by atoms with Crippen molar-refractivity contribution in [1.29, 1.82) is 0 Å². The Balaban J connectivity index is 1.96. The molecule has 3 aromatic carbocycles. The molecule has 0 spiro atoms. The second kappa shape index (κ2) is 9.02. The number of nitrogens with zero attached hydrogens (tertiary/aromatic N) is 2. The molecule has 0 saturated carbocycles. The van der Waals surface area contributed by atoms with E-state index >= 15 is 0 Å². The van der Waals surface area contributed by atoms with Crippen molar-refractivity contribution < 1.29 is 27.8 Å². The first-order chi connectivity index (χ1) is 16.1. The third-order valence-corrected chi connectivity index (χ3v) is 6.12. The van der Waals surface area contributed by atoms with Gasteiger partial charge in [0.15, 0.2) is 0 Å². The molecule has 1 heterocycles. The fourth-order valence-corrected chi connectivity index (χ4v) is 4.45. The van der Waals surface area contributed by atoms with E-state index in [1.807, 2.05) is 0 Å². The maximum absolute atomic E-state index is 14.1. The van der Waals surface area contributed by atoms with Crippen molar-refractivity contribution in [2.75, 3.05) is 31.0 Å². The molecule has 0 bridgehead atoms. The summed E-state index contributed by atoms with van der Waals surface area (Å²) in [6.45, 7) is 0. The minimum atomic E-state index is -4.62. The Morgan fingerprint density at radius 2 is 1.62 bits per heavy atom. The molecule has 1 amide bonds. The minimum absolute atomic E-state index is 0.0331. The molecule has 0 unspecified atom stereocenters. The minimum Gasteiger partial charge on any atom is -0.497 e. The molecule has 4 rings (SSSR count). The summed E-state index contributed by atoms with van der Waals surface area (Å²) in [7, 11) is 5.07. The highest BCUT2D eigenvalue weighted by Gasteiger charge is 2.42. The van der Waals surface area contributed by atoms with Gasteiger partial charge in [-0.15, -0.1) is 0 Å². The zero-order valence-electron chi connectivity index (χ0n) is 19.0. The summed E-state index contributed by atoms with van der Waals surface area (Å²) in [5, 5.41) is 11.2. The molecule has 0 radical (unpaired) electrons. The van der Waals surface area contributed by atoms with E-state index in [0.29, 0.717) is 22.7 Å². The van der Waals surface area contributed by atoms with Crippen molar-refractivity contribution in [2.24, 2.45) is 0 Å². The molecule has 178 valence electrons. The highest BCUT2D eigenvalue weighted by molar-refractivity contribution is 6.07. The van der Waals surface area contributed by atoms with Crippen LogP contribution in [-0.2, 0) is 17.4 Å². The Morgan fingerprint density at radius 3 is 2.24 bits per heavy atom. The number of benzene rings is 3. The van der Waals surface area contributed by atoms with E-state index in [4.69, 9.17) is 4.74 Å². The third kappa shape index (κ3) is 4.21. The van der Waals surface area contributed by atoms with Gasteiger partial charge in [-0.3, -0.25) is 9.69 Å². The van der Waals surface area contributed by atoms with E-state index in [0.717, 1.165) is 6.07 Å². The number of fused-ring (bicyclic) bond motifs is 1. The van der Waals surface area contributed by atoms with Crippen LogP contribution in [0, 0.1) is 0 Å². The van der Waals surface area contributed by atoms with Crippen LogP contribution < -0.4 is 14.5 Å². The molecule has 1 N–H and O–H groups in total. The lowest BCUT2D eigenvalue weighted by Gasteiger charge is -2.29. The normalized spacial score (nSPS) is 18.3. The van der Waals surface area contributed by atoms with Gasteiger partial charge >= 0.3 is 6.18 Å². The van der Waals surface area contributed by atoms with E-state index in [-0.39, 0.29) is 17.7 Å². The standard InChI is InChI=1S/C26H25F3N2O3/c1-30(2)22-8-4-5-9-23(22)31-21-10-6-7-20(26(27,28)29)19(21)15-18(24(32)25(31)33)16-11-13-17(34-3)14-12-16/h4-14,18,24,32H,15H2,1-3H3/t18-,24+/m0/s1. The van der Waals surface area contributed by atoms with E-state index in [2.05, 4.69) is 0 Å². The number of halogens is 3. The number of amides is 1. The number of alkyl halides is 3. The van der Waals surface area contributed by atoms with Crippen molar-refractivity contribution in [3.05, 3.63) is 83.4 Å². The van der Waals surface area contributed by atoms with Gasteiger partial charge in [-0.05, 0) is 53.9 Å². The number of rotatable bonds is 4. The highest BCUT2D eigenvalue weighted by atomic mass is 19.4. The van der Waals surface area contributed by atoms with Crippen LogP contribution in [0.25, 0.3) is 0 Å². The molecule has 5 nitrogen and oxygen atoms in total. The Bertz CT molecular complexity index is 1190. The van der Waals surface area contributed by atoms with Crippen LogP contribution in [0.2, 0.25) is 0 Å². The summed E-state index contributed by atoms with van der Waals surface area (Å²) in [6, 6.07) is 17.4. The van der Waals surface area contributed by atoms with Crippen molar-refractivity contribution in [3.8, 4) is 5.75 Å². The van der Waals surface area contributed by atoms with Crippen LogP contribution >= 0.6 is 0 Å². The lowest BCUT2D eigenvalue weighted by molar-refractivity contribution is -0.138. The largest absolute Gasteiger partial charge is 0.497 e. The van der Waals surface area contributed by atoms with Crippen LogP contribution in [0.5, 0.6) is 5.75 Å². The monoisotopic (exact) mass is 470 g/mol. The zero-order chi connectivity index (χ0) is 24.6. The number of anilines is 3. The first kappa shape index (κ1) is 23.6. The van der Waals surface area contributed by atoms with Gasteiger partial charge in [-0.2, -0.15) is 13.2 Å². The molecular weight excluding hydrogens is 445 g/mol. The lowest BCUT2D eigenvalue weighted by Crippen LogP contribution is -2.38. The number of aliphatic hydroxyl groups is 1. The second-order valence-corrected chi connectivity index (χ2v) is 8.39. The predicted octanol–water partition coefficient (Wildman–Crippen LogP) is 5.15. The van der Waals surface area contributed by atoms with Gasteiger partial charge in [-0.1, -0.05) is 30.3 Å². The van der Waals surface area contributed by atoms with E-state index < -0.39 is 29.7 Å². The summed E-state index contributed by atoms with van der Waals surface area (Å²) in [5.74, 6) is -0.999. The highest BCUT2D eigenvalue weighted by Crippen LogP contribution is 2.45. The zero-order valence-corrected chi connectivity index (χ0v) is 19.0. The summed E-state index contributed by atoms with van der Waals surface area (Å²) < 4.78 is 47.4. The number of ether oxygens (including phenoxy) is 1. The van der Waals surface area contributed by atoms with Crippen LogP contribution in [0.1, 0.15) is 22.6 Å². The van der Waals surface area contributed by atoms with Crippen molar-refractivity contribution in [2.45, 2.75) is 24.6 Å². The van der Waals surface area contributed by atoms with Gasteiger partial charge in [0.05, 0.1) is 29.7 Å². The van der Waals surface area contributed by atoms with E-state index in [9.17, 15) is 23.1 Å². The Hall–Kier alpha value is -3.52. The van der Waals surface area contributed by atoms with Gasteiger partial charge in [-0.25, -0.2) is 0 Å². The van der Waals surface area contributed by atoms with Crippen LogP contribution in [-0.4, -0.2) is 38.3 Å². The number of para-hydroxylation sites is 2. The number of hydrogen-bond acceptors (Lipinski definition) is 4. The smallest absolute Gasteiger partial charge is 0.416 e. The van der Waals surface area contributed by atoms with Crippen LogP contribution in [0.3, 0.4) is 0 Å². The first-order valence-electron chi connectivity index (χ1n) is 10.7. The molecule has 0 aromatic heterocycles. The number of aliphatic hydroxyl groups excluding tert-OH is 1. The molecule has 2 atom stereocenters. The van der Waals surface area contributed by atoms with Crippen LogP contribution in [0.15, 0.2) is 66.7 Å². The maximum Gasteiger partial charge on any atom is 0.416 e. The predicted molar refractivity (Wildman–Crippen MR) is 125 cm³/mol. The maximum atomic E-state index is 14.1. The molecular formula is C26H25F3N2O3. The summed E-state index contributed by atoms with van der Waals surface area (Å²) >= 11 is 0. The van der Waals surface area contributed by atoms with Crippen molar-refractivity contribution >= 4 is 23.0 Å². The van der Waals surface area contributed by atoms with Gasteiger partial charge < -0.3 is 14.7 Å². The quantitative estimate of drug-likeness (QED) is 0.573. The van der Waals surface area contributed by atoms with Gasteiger partial charge in [0.25, 0.3) is 5.91 Å². The number of methoxy groups -OCH3 is 1. The SMILES string of the molecule is COc1ccc([C@@H]2Cc3c(cccc3C(F)(F)F)N(c3ccccc3N(C)C)C(=O)[C@@H]2O)cc1. The third-order valence-electron chi connectivity index (χ3n) is 6.12. The average molecular weight is 470 g/mol. The molecule has 34 heavy (non-hydrogen) atoms. The second-order valence-electron chi connectivity index (χ2n) is 8.39. The molecule has 1 aliphatic rings. The summed E-state index contributed by atoms with van der Waals surface area (Å²) in [4.78, 5) is 16.7. The Morgan fingerprint density at radius 1 is 0.971 bits per heavy atom. The number of hydrogen-bond donors (Lipinski definition) is 1. The Kier molecular flexibility index (Phi) is 6.27. The lowest BCUT2D eigenvalue weighted by atomic mass is 9.86. The average Bonchev–Trinajstić information content (AvgIpc) is 2.92. The van der Waals surface area contributed by atoms with E-state index in [1.165, 1.54) is 24.1 Å². The molecule has 1 aliphatic heterocycles. The van der Waals surface area contributed by atoms with E-state index in [1.54, 1.807) is 67.5 Å². The Labute approximate surface area is 196 Å². The fraction of sp³-hybridized carbons (Fsp3) is 0.269.